The minimum atomic E-state index is 0.0201. The molecule has 0 fully saturated rings. The van der Waals surface area contributed by atoms with E-state index in [1.165, 1.54) is 5.56 Å². The number of rotatable bonds is 9. The molecule has 6 heteroatoms. The van der Waals surface area contributed by atoms with Crippen molar-refractivity contribution in [2.24, 2.45) is 5.92 Å². The number of ketones is 1. The van der Waals surface area contributed by atoms with E-state index in [4.69, 9.17) is 0 Å². The molecule has 1 atom stereocenters. The highest BCUT2D eigenvalue weighted by Gasteiger charge is 2.24. The lowest BCUT2D eigenvalue weighted by Gasteiger charge is -2.22. The van der Waals surface area contributed by atoms with Crippen LogP contribution in [0.3, 0.4) is 0 Å². The van der Waals surface area contributed by atoms with Gasteiger partial charge in [-0.1, -0.05) is 39.0 Å². The number of nitrogens with zero attached hydrogens (tertiary/aromatic N) is 2. The summed E-state index contributed by atoms with van der Waals surface area (Å²) in [4.78, 5) is 20.4. The van der Waals surface area contributed by atoms with Crippen LogP contribution >= 0.6 is 0 Å². The molecule has 1 aliphatic heterocycles. The van der Waals surface area contributed by atoms with Gasteiger partial charge in [0.25, 0.3) is 0 Å². The highest BCUT2D eigenvalue weighted by Crippen LogP contribution is 2.35. The lowest BCUT2D eigenvalue weighted by Crippen LogP contribution is -2.28. The maximum atomic E-state index is 13.4. The molecule has 184 valence electrons. The molecule has 0 saturated carbocycles. The van der Waals surface area contributed by atoms with Crippen LogP contribution in [0.4, 0.5) is 22.9 Å². The first-order chi connectivity index (χ1) is 16.9. The van der Waals surface area contributed by atoms with Gasteiger partial charge >= 0.3 is 0 Å². The molecule has 0 amide bonds. The molecule has 0 saturated heterocycles. The topological polar surface area (TPSA) is 77.5 Å². The van der Waals surface area contributed by atoms with Gasteiger partial charge in [-0.3, -0.25) is 4.79 Å². The molecule has 1 unspecified atom stereocenters. The Morgan fingerprint density at radius 1 is 1.11 bits per heavy atom. The van der Waals surface area contributed by atoms with Crippen molar-refractivity contribution < 1.29 is 9.90 Å². The first kappa shape index (κ1) is 24.7. The van der Waals surface area contributed by atoms with Gasteiger partial charge in [0.05, 0.1) is 11.3 Å². The van der Waals surface area contributed by atoms with E-state index in [0.717, 1.165) is 55.0 Å². The van der Waals surface area contributed by atoms with Crippen LogP contribution < -0.4 is 10.6 Å². The first-order valence-electron chi connectivity index (χ1n) is 12.6. The summed E-state index contributed by atoms with van der Waals surface area (Å²) in [5.74, 6) is 1.37. The Bertz CT molecular complexity index is 1200. The number of benzene rings is 2. The van der Waals surface area contributed by atoms with E-state index in [2.05, 4.69) is 59.5 Å². The third kappa shape index (κ3) is 5.82. The average molecular weight is 473 g/mol. The summed E-state index contributed by atoms with van der Waals surface area (Å²) in [6.07, 6.45) is 4.13. The summed E-state index contributed by atoms with van der Waals surface area (Å²) in [6.45, 7) is 12.0. The molecule has 0 bridgehead atoms. The molecule has 2 heterocycles. The van der Waals surface area contributed by atoms with Crippen LogP contribution in [0.5, 0.6) is 5.75 Å². The molecule has 3 aromatic rings. The Balaban J connectivity index is 1.52. The van der Waals surface area contributed by atoms with Gasteiger partial charge in [-0.2, -0.15) is 0 Å². The highest BCUT2D eigenvalue weighted by atomic mass is 16.3. The predicted octanol–water partition coefficient (Wildman–Crippen LogP) is 6.23. The number of anilines is 4. The fourth-order valence-electron chi connectivity index (χ4n) is 4.72. The molecule has 3 N–H and O–H groups in total. The van der Waals surface area contributed by atoms with Gasteiger partial charge in [0.1, 0.15) is 11.6 Å². The van der Waals surface area contributed by atoms with E-state index in [1.54, 1.807) is 24.4 Å². The van der Waals surface area contributed by atoms with Gasteiger partial charge in [0.15, 0.2) is 5.78 Å². The Kier molecular flexibility index (Phi) is 7.71. The summed E-state index contributed by atoms with van der Waals surface area (Å²) in [5, 5.41) is 16.6. The molecule has 1 aliphatic rings. The molecule has 2 aromatic carbocycles. The standard InChI is InChI=1S/C29H36N4O2/c1-5-33(6-2)18-19(3)7-9-21-10-12-24-22(15-21)16-27(35)28-25(13-14-30-29(28)32-24)31-26-17-23(34)11-8-20(26)4/h8,10-15,17,19,34H,5-7,9,16,18H2,1-4H3,(H2,30,31,32). The second-order valence-corrected chi connectivity index (χ2v) is 9.55. The lowest BCUT2D eigenvalue weighted by molar-refractivity contribution is 0.0995. The van der Waals surface area contributed by atoms with Crippen LogP contribution in [0, 0.1) is 12.8 Å². The van der Waals surface area contributed by atoms with Crippen molar-refractivity contribution in [3.05, 3.63) is 70.9 Å². The number of hydrogen-bond acceptors (Lipinski definition) is 6. The SMILES string of the molecule is CCN(CC)CC(C)CCc1ccc2c(c1)CC(=O)c1c(Nc3cc(O)ccc3C)ccnc1N2. The zero-order chi connectivity index (χ0) is 24.9. The second-order valence-electron chi connectivity index (χ2n) is 9.55. The molecule has 0 radical (unpaired) electrons. The number of aromatic nitrogens is 1. The second kappa shape index (κ2) is 10.9. The van der Waals surface area contributed by atoms with Gasteiger partial charge in [-0.05, 0) is 73.7 Å². The highest BCUT2D eigenvalue weighted by molar-refractivity contribution is 6.09. The van der Waals surface area contributed by atoms with Gasteiger partial charge in [0, 0.05) is 36.6 Å². The Labute approximate surface area is 208 Å². The molecular weight excluding hydrogens is 436 g/mol. The summed E-state index contributed by atoms with van der Waals surface area (Å²) in [6, 6.07) is 13.4. The zero-order valence-corrected chi connectivity index (χ0v) is 21.2. The number of carbonyl (C=O) groups is 1. The van der Waals surface area contributed by atoms with Crippen molar-refractivity contribution in [1.29, 1.82) is 0 Å². The van der Waals surface area contributed by atoms with Gasteiger partial charge in [0.2, 0.25) is 0 Å². The Hall–Kier alpha value is -3.38. The van der Waals surface area contributed by atoms with Crippen LogP contribution in [0.25, 0.3) is 0 Å². The van der Waals surface area contributed by atoms with E-state index in [9.17, 15) is 9.90 Å². The minimum Gasteiger partial charge on any atom is -0.508 e. The fraction of sp³-hybridized carbons (Fsp3) is 0.379. The van der Waals surface area contributed by atoms with Crippen LogP contribution in [-0.2, 0) is 12.8 Å². The smallest absolute Gasteiger partial charge is 0.173 e. The maximum absolute atomic E-state index is 13.4. The van der Waals surface area contributed by atoms with Crippen LogP contribution in [0.2, 0.25) is 0 Å². The number of aryl methyl sites for hydroxylation is 2. The monoisotopic (exact) mass is 472 g/mol. The van der Waals surface area contributed by atoms with E-state index < -0.39 is 0 Å². The lowest BCUT2D eigenvalue weighted by atomic mass is 9.96. The summed E-state index contributed by atoms with van der Waals surface area (Å²) < 4.78 is 0. The van der Waals surface area contributed by atoms with Crippen molar-refractivity contribution in [3.63, 3.8) is 0 Å². The number of nitrogens with one attached hydrogen (secondary N) is 2. The van der Waals surface area contributed by atoms with Gasteiger partial charge in [-0.25, -0.2) is 4.98 Å². The van der Waals surface area contributed by atoms with E-state index in [1.807, 2.05) is 13.0 Å². The quantitative estimate of drug-likeness (QED) is 0.343. The summed E-state index contributed by atoms with van der Waals surface area (Å²) >= 11 is 0. The summed E-state index contributed by atoms with van der Waals surface area (Å²) in [5.41, 5.74) is 6.15. The number of hydrogen-bond donors (Lipinski definition) is 3. The Morgan fingerprint density at radius 2 is 1.91 bits per heavy atom. The van der Waals surface area contributed by atoms with Crippen molar-refractivity contribution in [3.8, 4) is 5.75 Å². The third-order valence-electron chi connectivity index (χ3n) is 6.88. The molecular formula is C29H36N4O2. The molecule has 1 aromatic heterocycles. The number of phenols is 1. The van der Waals surface area contributed by atoms with E-state index in [0.29, 0.717) is 29.4 Å². The van der Waals surface area contributed by atoms with Crippen molar-refractivity contribution in [2.45, 2.75) is 47.0 Å². The molecule has 0 spiro atoms. The van der Waals surface area contributed by atoms with Crippen molar-refractivity contribution in [2.75, 3.05) is 30.3 Å². The van der Waals surface area contributed by atoms with Crippen molar-refractivity contribution >= 4 is 28.7 Å². The van der Waals surface area contributed by atoms with Crippen molar-refractivity contribution in [1.82, 2.24) is 9.88 Å². The van der Waals surface area contributed by atoms with Crippen LogP contribution in [0.1, 0.15) is 54.2 Å². The number of pyridine rings is 1. The van der Waals surface area contributed by atoms with E-state index >= 15 is 0 Å². The number of aromatic hydroxyl groups is 1. The third-order valence-corrected chi connectivity index (χ3v) is 6.88. The average Bonchev–Trinajstić information content (AvgIpc) is 2.99. The molecule has 4 rings (SSSR count). The maximum Gasteiger partial charge on any atom is 0.173 e. The predicted molar refractivity (Wildman–Crippen MR) is 143 cm³/mol. The zero-order valence-electron chi connectivity index (χ0n) is 21.2. The van der Waals surface area contributed by atoms with Gasteiger partial charge in [-0.15, -0.1) is 0 Å². The number of fused-ring (bicyclic) bond motifs is 2. The largest absolute Gasteiger partial charge is 0.508 e. The number of carbonyl (C=O) groups excluding carboxylic acids is 1. The normalized spacial score (nSPS) is 13.6. The minimum absolute atomic E-state index is 0.0201. The Morgan fingerprint density at radius 3 is 2.69 bits per heavy atom. The first-order valence-corrected chi connectivity index (χ1v) is 12.6. The molecule has 0 aliphatic carbocycles. The fourth-order valence-corrected chi connectivity index (χ4v) is 4.72. The van der Waals surface area contributed by atoms with E-state index in [-0.39, 0.29) is 11.5 Å². The molecule has 6 nitrogen and oxygen atoms in total. The van der Waals surface area contributed by atoms with Crippen LogP contribution in [-0.4, -0.2) is 40.4 Å². The number of Topliss-reactive ketones (excluding diaryl/α,β-unsaturated/α-hetero) is 1. The van der Waals surface area contributed by atoms with Gasteiger partial charge < -0.3 is 20.6 Å². The summed E-state index contributed by atoms with van der Waals surface area (Å²) in [7, 11) is 0. The molecule has 35 heavy (non-hydrogen) atoms. The number of phenolic OH excluding ortho intramolecular Hbond substituents is 1. The van der Waals surface area contributed by atoms with Crippen LogP contribution in [0.15, 0.2) is 48.7 Å².